The van der Waals surface area contributed by atoms with Crippen LogP contribution in [0.1, 0.15) is 15.9 Å². The lowest BCUT2D eigenvalue weighted by atomic mass is 10.2. The Bertz CT molecular complexity index is 1130. The van der Waals surface area contributed by atoms with Crippen LogP contribution in [0.4, 0.5) is 10.1 Å². The van der Waals surface area contributed by atoms with Crippen LogP contribution in [0.2, 0.25) is 0 Å². The standard InChI is InChI=1S/C21H18FN3O3S2/c22-17-8-6-16(7-9-17)20(26)25-21(29)24-18-10-12-19(13-11-18)30(27,28)23-14-15-4-2-1-3-5-15/h1-13,23H,14H2,(H2,24,25,26,29). The molecular weight excluding hydrogens is 425 g/mol. The first kappa shape index (κ1) is 21.6. The Morgan fingerprint density at radius 3 is 2.17 bits per heavy atom. The molecule has 1 amide bonds. The van der Waals surface area contributed by atoms with Gasteiger partial charge in [0, 0.05) is 17.8 Å². The highest BCUT2D eigenvalue weighted by atomic mass is 32.2. The van der Waals surface area contributed by atoms with E-state index >= 15 is 0 Å². The van der Waals surface area contributed by atoms with Crippen molar-refractivity contribution in [3.8, 4) is 0 Å². The number of benzene rings is 3. The van der Waals surface area contributed by atoms with Crippen LogP contribution >= 0.6 is 12.2 Å². The molecule has 3 aromatic rings. The molecule has 0 saturated heterocycles. The van der Waals surface area contributed by atoms with Crippen LogP contribution in [-0.4, -0.2) is 19.4 Å². The van der Waals surface area contributed by atoms with E-state index in [0.29, 0.717) is 5.69 Å². The summed E-state index contributed by atoms with van der Waals surface area (Å²) in [6.07, 6.45) is 0. The van der Waals surface area contributed by atoms with Gasteiger partial charge in [-0.15, -0.1) is 0 Å². The molecule has 0 spiro atoms. The zero-order valence-corrected chi connectivity index (χ0v) is 17.3. The number of sulfonamides is 1. The summed E-state index contributed by atoms with van der Waals surface area (Å²) < 4.78 is 40.3. The van der Waals surface area contributed by atoms with Crippen molar-refractivity contribution in [1.29, 1.82) is 0 Å². The van der Waals surface area contributed by atoms with E-state index in [2.05, 4.69) is 15.4 Å². The van der Waals surface area contributed by atoms with Crippen molar-refractivity contribution in [2.24, 2.45) is 0 Å². The third-order valence-corrected chi connectivity index (χ3v) is 5.69. The second-order valence-electron chi connectivity index (χ2n) is 6.25. The van der Waals surface area contributed by atoms with E-state index in [1.54, 1.807) is 0 Å². The van der Waals surface area contributed by atoms with E-state index in [-0.39, 0.29) is 22.1 Å². The maximum atomic E-state index is 12.9. The number of anilines is 1. The van der Waals surface area contributed by atoms with Gasteiger partial charge in [0.1, 0.15) is 5.82 Å². The number of nitrogens with one attached hydrogen (secondary N) is 3. The molecule has 3 rings (SSSR count). The van der Waals surface area contributed by atoms with Crippen LogP contribution < -0.4 is 15.4 Å². The summed E-state index contributed by atoms with van der Waals surface area (Å²) in [5.41, 5.74) is 1.61. The Kier molecular flexibility index (Phi) is 6.88. The van der Waals surface area contributed by atoms with E-state index in [1.165, 1.54) is 48.5 Å². The predicted molar refractivity (Wildman–Crippen MR) is 117 cm³/mol. The Hall–Kier alpha value is -3.14. The maximum Gasteiger partial charge on any atom is 0.257 e. The quantitative estimate of drug-likeness (QED) is 0.508. The lowest BCUT2D eigenvalue weighted by Gasteiger charge is -2.11. The number of carbonyl (C=O) groups excluding carboxylic acids is 1. The fourth-order valence-corrected chi connectivity index (χ4v) is 3.74. The van der Waals surface area contributed by atoms with Gasteiger partial charge in [0.05, 0.1) is 4.90 Å². The molecule has 0 bridgehead atoms. The van der Waals surface area contributed by atoms with Crippen LogP contribution in [0.3, 0.4) is 0 Å². The number of halogens is 1. The van der Waals surface area contributed by atoms with Crippen molar-refractivity contribution in [3.05, 3.63) is 95.8 Å². The van der Waals surface area contributed by atoms with E-state index in [9.17, 15) is 17.6 Å². The third kappa shape index (κ3) is 5.93. The molecule has 0 aliphatic carbocycles. The van der Waals surface area contributed by atoms with E-state index in [0.717, 1.165) is 5.56 Å². The largest absolute Gasteiger partial charge is 0.332 e. The Morgan fingerprint density at radius 1 is 0.900 bits per heavy atom. The summed E-state index contributed by atoms with van der Waals surface area (Å²) in [6, 6.07) is 20.2. The van der Waals surface area contributed by atoms with Crippen LogP contribution in [0.25, 0.3) is 0 Å². The molecule has 0 heterocycles. The van der Waals surface area contributed by atoms with Gasteiger partial charge in [-0.2, -0.15) is 0 Å². The average molecular weight is 444 g/mol. The van der Waals surface area contributed by atoms with E-state index in [4.69, 9.17) is 12.2 Å². The average Bonchev–Trinajstić information content (AvgIpc) is 2.74. The molecule has 3 N–H and O–H groups in total. The monoisotopic (exact) mass is 443 g/mol. The third-order valence-electron chi connectivity index (χ3n) is 4.07. The highest BCUT2D eigenvalue weighted by molar-refractivity contribution is 7.89. The van der Waals surface area contributed by atoms with Crippen LogP contribution in [-0.2, 0) is 16.6 Å². The molecule has 0 atom stereocenters. The van der Waals surface area contributed by atoms with Gasteiger partial charge in [0.15, 0.2) is 5.11 Å². The molecule has 6 nitrogen and oxygen atoms in total. The number of hydrogen-bond acceptors (Lipinski definition) is 4. The number of hydrogen-bond donors (Lipinski definition) is 3. The Labute approximate surface area is 179 Å². The van der Waals surface area contributed by atoms with Gasteiger partial charge in [0.2, 0.25) is 10.0 Å². The second kappa shape index (κ2) is 9.57. The topological polar surface area (TPSA) is 87.3 Å². The van der Waals surface area contributed by atoms with Crippen molar-refractivity contribution < 1.29 is 17.6 Å². The molecule has 0 unspecified atom stereocenters. The maximum absolute atomic E-state index is 12.9. The normalized spacial score (nSPS) is 11.0. The summed E-state index contributed by atoms with van der Waals surface area (Å²) in [5, 5.41) is 5.31. The van der Waals surface area contributed by atoms with E-state index < -0.39 is 21.7 Å². The highest BCUT2D eigenvalue weighted by Crippen LogP contribution is 2.14. The minimum Gasteiger partial charge on any atom is -0.332 e. The van der Waals surface area contributed by atoms with Gasteiger partial charge < -0.3 is 5.32 Å². The molecule has 0 saturated carbocycles. The second-order valence-corrected chi connectivity index (χ2v) is 8.42. The Morgan fingerprint density at radius 2 is 1.53 bits per heavy atom. The summed E-state index contributed by atoms with van der Waals surface area (Å²) >= 11 is 5.09. The minimum absolute atomic E-state index is 0.0298. The first-order valence-electron chi connectivity index (χ1n) is 8.85. The Balaban J connectivity index is 1.57. The molecule has 9 heteroatoms. The summed E-state index contributed by atoms with van der Waals surface area (Å²) in [6.45, 7) is 0.183. The van der Waals surface area contributed by atoms with Crippen molar-refractivity contribution in [2.75, 3.05) is 5.32 Å². The lowest BCUT2D eigenvalue weighted by Crippen LogP contribution is -2.34. The summed E-state index contributed by atoms with van der Waals surface area (Å²) in [7, 11) is -3.67. The molecule has 0 aliphatic heterocycles. The molecule has 154 valence electrons. The van der Waals surface area contributed by atoms with Gasteiger partial charge in [-0.05, 0) is 66.3 Å². The minimum atomic E-state index is -3.67. The fourth-order valence-electron chi connectivity index (χ4n) is 2.51. The van der Waals surface area contributed by atoms with Crippen LogP contribution in [0, 0.1) is 5.82 Å². The SMILES string of the molecule is O=C(NC(=S)Nc1ccc(S(=O)(=O)NCc2ccccc2)cc1)c1ccc(F)cc1. The van der Waals surface area contributed by atoms with Gasteiger partial charge in [0.25, 0.3) is 5.91 Å². The van der Waals surface area contributed by atoms with Gasteiger partial charge >= 0.3 is 0 Å². The first-order valence-corrected chi connectivity index (χ1v) is 10.7. The molecule has 0 aliphatic rings. The van der Waals surface area contributed by atoms with Crippen molar-refractivity contribution in [1.82, 2.24) is 10.0 Å². The summed E-state index contributed by atoms with van der Waals surface area (Å²) in [5.74, 6) is -0.933. The van der Waals surface area contributed by atoms with Crippen LogP contribution in [0.15, 0.2) is 83.8 Å². The van der Waals surface area contributed by atoms with Gasteiger partial charge in [-0.25, -0.2) is 17.5 Å². The van der Waals surface area contributed by atoms with Gasteiger partial charge in [-0.1, -0.05) is 30.3 Å². The van der Waals surface area contributed by atoms with Gasteiger partial charge in [-0.3, -0.25) is 10.1 Å². The van der Waals surface area contributed by atoms with Crippen molar-refractivity contribution in [3.63, 3.8) is 0 Å². The number of amides is 1. The molecular formula is C21H18FN3O3S2. The van der Waals surface area contributed by atoms with Crippen molar-refractivity contribution >= 4 is 38.9 Å². The predicted octanol–water partition coefficient (Wildman–Crippen LogP) is 3.43. The summed E-state index contributed by atoms with van der Waals surface area (Å²) in [4.78, 5) is 12.2. The number of carbonyl (C=O) groups is 1. The molecule has 0 aromatic heterocycles. The zero-order valence-electron chi connectivity index (χ0n) is 15.6. The molecule has 0 fully saturated rings. The first-order chi connectivity index (χ1) is 14.3. The zero-order chi connectivity index (χ0) is 21.6. The fraction of sp³-hybridized carbons (Fsp3) is 0.0476. The van der Waals surface area contributed by atoms with E-state index in [1.807, 2.05) is 30.3 Å². The molecule has 30 heavy (non-hydrogen) atoms. The van der Waals surface area contributed by atoms with Crippen molar-refractivity contribution in [2.45, 2.75) is 11.4 Å². The van der Waals surface area contributed by atoms with Crippen LogP contribution in [0.5, 0.6) is 0 Å². The molecule has 3 aromatic carbocycles. The number of rotatable bonds is 6. The highest BCUT2D eigenvalue weighted by Gasteiger charge is 2.14. The number of thiocarbonyl (C=S) groups is 1. The lowest BCUT2D eigenvalue weighted by molar-refractivity contribution is 0.0977. The smallest absolute Gasteiger partial charge is 0.257 e. The molecule has 0 radical (unpaired) electrons.